The number of amides is 2. The number of hydrogen-bond donors (Lipinski definition) is 3. The van der Waals surface area contributed by atoms with Crippen LogP contribution in [0.3, 0.4) is 0 Å². The minimum absolute atomic E-state index is 0.170. The van der Waals surface area contributed by atoms with E-state index < -0.39 is 12.0 Å². The van der Waals surface area contributed by atoms with Crippen LogP contribution in [0.15, 0.2) is 30.3 Å². The van der Waals surface area contributed by atoms with E-state index in [0.29, 0.717) is 0 Å². The van der Waals surface area contributed by atoms with Gasteiger partial charge in [-0.05, 0) is 38.0 Å². The molecule has 0 heterocycles. The molecule has 0 aliphatic rings. The fourth-order valence-electron chi connectivity index (χ4n) is 1.43. The lowest BCUT2D eigenvalue weighted by molar-refractivity contribution is -0.124. The fraction of sp³-hybridized carbons (Fsp3) is 0.333. The Morgan fingerprint density at radius 3 is 2.38 bits per heavy atom. The highest BCUT2D eigenvalue weighted by Gasteiger charge is 2.14. The molecule has 1 rings (SSSR count). The first-order valence-corrected chi connectivity index (χ1v) is 6.46. The van der Waals surface area contributed by atoms with Crippen LogP contribution in [0, 0.1) is 0 Å². The molecule has 3 N–H and O–H groups in total. The third kappa shape index (κ3) is 7.12. The Hall–Kier alpha value is -2.34. The summed E-state index contributed by atoms with van der Waals surface area (Å²) in [5, 5.41) is 11.1. The summed E-state index contributed by atoms with van der Waals surface area (Å²) in [7, 11) is 0. The first-order chi connectivity index (χ1) is 9.80. The average molecular weight is 292 g/mol. The number of benzene rings is 1. The quantitative estimate of drug-likeness (QED) is 0.451. The van der Waals surface area contributed by atoms with Crippen LogP contribution in [0.4, 0.5) is 4.79 Å². The van der Waals surface area contributed by atoms with Crippen LogP contribution >= 0.6 is 0 Å². The van der Waals surface area contributed by atoms with Crippen LogP contribution in [0.2, 0.25) is 0 Å². The number of alkyl carbamates (subject to hydrolysis) is 1. The molecule has 0 unspecified atom stereocenters. The fourth-order valence-corrected chi connectivity index (χ4v) is 1.43. The molecule has 0 bridgehead atoms. The van der Waals surface area contributed by atoms with Crippen molar-refractivity contribution in [3.63, 3.8) is 0 Å². The normalized spacial score (nSPS) is 11.2. The van der Waals surface area contributed by atoms with Gasteiger partial charge in [0.2, 0.25) is 0 Å². The molecular formula is C15H20N2O4. The van der Waals surface area contributed by atoms with Gasteiger partial charge >= 0.3 is 6.09 Å². The zero-order valence-corrected chi connectivity index (χ0v) is 12.3. The number of carbonyl (C=O) groups excluding carboxylic acids is 2. The maximum atomic E-state index is 11.5. The Morgan fingerprint density at radius 2 is 1.86 bits per heavy atom. The molecule has 6 heteroatoms. The molecule has 6 nitrogen and oxygen atoms in total. The number of ether oxygens (including phenoxy) is 1. The maximum Gasteiger partial charge on any atom is 0.407 e. The molecule has 0 fully saturated rings. The SMILES string of the molecule is CC(C)(C)NC(=O)OCc1ccc(/C=C/C(=O)NO)cc1. The minimum Gasteiger partial charge on any atom is -0.445 e. The Morgan fingerprint density at radius 1 is 1.24 bits per heavy atom. The average Bonchev–Trinajstić information content (AvgIpc) is 2.41. The van der Waals surface area contributed by atoms with Crippen molar-refractivity contribution in [2.75, 3.05) is 0 Å². The van der Waals surface area contributed by atoms with E-state index in [9.17, 15) is 9.59 Å². The van der Waals surface area contributed by atoms with Gasteiger partial charge in [0, 0.05) is 11.6 Å². The zero-order valence-electron chi connectivity index (χ0n) is 12.3. The summed E-state index contributed by atoms with van der Waals surface area (Å²) in [6, 6.07) is 7.14. The van der Waals surface area contributed by atoms with Gasteiger partial charge in [-0.15, -0.1) is 0 Å². The molecule has 0 atom stereocenters. The Bertz CT molecular complexity index is 515. The number of hydroxylamine groups is 1. The predicted molar refractivity (Wildman–Crippen MR) is 78.5 cm³/mol. The molecule has 1 aromatic carbocycles. The molecule has 0 saturated carbocycles. The number of nitrogens with one attached hydrogen (secondary N) is 2. The van der Waals surface area contributed by atoms with Crippen LogP contribution in [-0.4, -0.2) is 22.7 Å². The number of carbonyl (C=O) groups is 2. The molecule has 1 aromatic rings. The highest BCUT2D eigenvalue weighted by Crippen LogP contribution is 2.08. The molecular weight excluding hydrogens is 272 g/mol. The molecule has 0 saturated heterocycles. The minimum atomic E-state index is -0.596. The van der Waals surface area contributed by atoms with Crippen molar-refractivity contribution in [2.24, 2.45) is 0 Å². The summed E-state index contributed by atoms with van der Waals surface area (Å²) >= 11 is 0. The van der Waals surface area contributed by atoms with E-state index in [2.05, 4.69) is 5.32 Å². The Labute approximate surface area is 123 Å². The standard InChI is InChI=1S/C15H20N2O4/c1-15(2,3)16-14(19)21-10-12-6-4-11(5-7-12)8-9-13(18)17-20/h4-9,20H,10H2,1-3H3,(H,16,19)(H,17,18)/b9-8+. The van der Waals surface area contributed by atoms with E-state index in [4.69, 9.17) is 9.94 Å². The third-order valence-electron chi connectivity index (χ3n) is 2.36. The Kier molecular flexibility index (Phi) is 5.92. The van der Waals surface area contributed by atoms with Crippen molar-refractivity contribution in [3.05, 3.63) is 41.5 Å². The van der Waals surface area contributed by atoms with Crippen LogP contribution in [0.5, 0.6) is 0 Å². The van der Waals surface area contributed by atoms with E-state index in [-0.39, 0.29) is 12.1 Å². The molecule has 0 aliphatic heterocycles. The predicted octanol–water partition coefficient (Wildman–Crippen LogP) is 2.23. The summed E-state index contributed by atoms with van der Waals surface area (Å²) < 4.78 is 5.09. The molecule has 21 heavy (non-hydrogen) atoms. The summed E-state index contributed by atoms with van der Waals surface area (Å²) in [6.07, 6.45) is 2.30. The molecule has 114 valence electrons. The van der Waals surface area contributed by atoms with Crippen molar-refractivity contribution >= 4 is 18.1 Å². The third-order valence-corrected chi connectivity index (χ3v) is 2.36. The Balaban J connectivity index is 2.50. The monoisotopic (exact) mass is 292 g/mol. The molecule has 0 radical (unpaired) electrons. The topological polar surface area (TPSA) is 87.7 Å². The first-order valence-electron chi connectivity index (χ1n) is 6.46. The van der Waals surface area contributed by atoms with E-state index in [1.54, 1.807) is 30.3 Å². The highest BCUT2D eigenvalue weighted by molar-refractivity contribution is 5.90. The zero-order chi connectivity index (χ0) is 15.9. The van der Waals surface area contributed by atoms with Gasteiger partial charge in [0.25, 0.3) is 5.91 Å². The van der Waals surface area contributed by atoms with E-state index >= 15 is 0 Å². The van der Waals surface area contributed by atoms with Gasteiger partial charge in [-0.25, -0.2) is 10.3 Å². The first kappa shape index (κ1) is 16.7. The van der Waals surface area contributed by atoms with E-state index in [1.807, 2.05) is 20.8 Å². The number of hydrogen-bond acceptors (Lipinski definition) is 4. The molecule has 2 amide bonds. The maximum absolute atomic E-state index is 11.5. The van der Waals surface area contributed by atoms with Gasteiger partial charge in [-0.3, -0.25) is 10.0 Å². The van der Waals surface area contributed by atoms with Crippen molar-refractivity contribution in [1.82, 2.24) is 10.8 Å². The lowest BCUT2D eigenvalue weighted by Gasteiger charge is -2.19. The van der Waals surface area contributed by atoms with Crippen LogP contribution in [0.1, 0.15) is 31.9 Å². The summed E-state index contributed by atoms with van der Waals surface area (Å²) in [5.74, 6) is -0.596. The van der Waals surface area contributed by atoms with Gasteiger partial charge in [0.1, 0.15) is 6.61 Å². The van der Waals surface area contributed by atoms with Crippen LogP contribution < -0.4 is 10.8 Å². The molecule has 0 aliphatic carbocycles. The van der Waals surface area contributed by atoms with E-state index in [1.165, 1.54) is 11.6 Å². The lowest BCUT2D eigenvalue weighted by atomic mass is 10.1. The van der Waals surface area contributed by atoms with Gasteiger partial charge in [0.15, 0.2) is 0 Å². The number of rotatable bonds is 4. The van der Waals surface area contributed by atoms with Crippen molar-refractivity contribution < 1.29 is 19.5 Å². The van der Waals surface area contributed by atoms with Gasteiger partial charge in [-0.1, -0.05) is 24.3 Å². The second-order valence-corrected chi connectivity index (χ2v) is 5.50. The smallest absolute Gasteiger partial charge is 0.407 e. The van der Waals surface area contributed by atoms with Crippen LogP contribution in [0.25, 0.3) is 6.08 Å². The van der Waals surface area contributed by atoms with Gasteiger partial charge in [0.05, 0.1) is 0 Å². The second-order valence-electron chi connectivity index (χ2n) is 5.50. The lowest BCUT2D eigenvalue weighted by Crippen LogP contribution is -2.40. The van der Waals surface area contributed by atoms with Crippen LogP contribution in [-0.2, 0) is 16.1 Å². The summed E-state index contributed by atoms with van der Waals surface area (Å²) in [6.45, 7) is 5.79. The van der Waals surface area contributed by atoms with Gasteiger partial charge < -0.3 is 10.1 Å². The summed E-state index contributed by atoms with van der Waals surface area (Å²) in [5.41, 5.74) is 2.80. The molecule has 0 aromatic heterocycles. The van der Waals surface area contributed by atoms with Crippen molar-refractivity contribution in [2.45, 2.75) is 32.9 Å². The largest absolute Gasteiger partial charge is 0.445 e. The summed E-state index contributed by atoms with van der Waals surface area (Å²) in [4.78, 5) is 22.3. The van der Waals surface area contributed by atoms with Crippen molar-refractivity contribution in [3.8, 4) is 0 Å². The second kappa shape index (κ2) is 7.44. The van der Waals surface area contributed by atoms with Crippen molar-refractivity contribution in [1.29, 1.82) is 0 Å². The molecule has 0 spiro atoms. The van der Waals surface area contributed by atoms with E-state index in [0.717, 1.165) is 11.1 Å². The highest BCUT2D eigenvalue weighted by atomic mass is 16.5. The van der Waals surface area contributed by atoms with Gasteiger partial charge in [-0.2, -0.15) is 0 Å².